The van der Waals surface area contributed by atoms with Gasteiger partial charge in [0.05, 0.1) is 0 Å². The standard InChI is InChI=1S/2C23H49N.K/c2*1-5-6-7-8-9-12-15-18-21-24-22-19-16-13-10-11-14-17-20-23(2,3)4;/h2*24H,5-22H2,1-4H3;. The van der Waals surface area contributed by atoms with Gasteiger partial charge in [-0.05, 0) is 75.5 Å². The van der Waals surface area contributed by atoms with E-state index in [4.69, 9.17) is 0 Å². The van der Waals surface area contributed by atoms with Gasteiger partial charge in [0.15, 0.2) is 0 Å². The largest absolute Gasteiger partial charge is 0.317 e. The summed E-state index contributed by atoms with van der Waals surface area (Å²) in [7, 11) is 0. The number of hydrogen-bond donors (Lipinski definition) is 2. The Bertz CT molecular complexity index is 514. The molecule has 293 valence electrons. The van der Waals surface area contributed by atoms with E-state index >= 15 is 0 Å². The maximum atomic E-state index is 3.62. The third-order valence-electron chi connectivity index (χ3n) is 9.97. The molecule has 0 fully saturated rings. The Morgan fingerprint density at radius 3 is 0.653 bits per heavy atom. The molecule has 0 atom stereocenters. The molecule has 3 heteroatoms. The Kier molecular flexibility index (Phi) is 49.2. The van der Waals surface area contributed by atoms with Crippen molar-refractivity contribution in [1.29, 1.82) is 0 Å². The summed E-state index contributed by atoms with van der Waals surface area (Å²) in [5, 5.41) is 7.25. The summed E-state index contributed by atoms with van der Waals surface area (Å²) in [6.07, 6.45) is 45.5. The summed E-state index contributed by atoms with van der Waals surface area (Å²) in [5.41, 5.74) is 1.06. The summed E-state index contributed by atoms with van der Waals surface area (Å²) in [6.45, 7) is 23.7. The fourth-order valence-electron chi connectivity index (χ4n) is 6.60. The number of rotatable bonds is 36. The normalized spacial score (nSPS) is 11.8. The predicted octanol–water partition coefficient (Wildman–Crippen LogP) is 15.4. The Labute approximate surface area is 356 Å². The summed E-state index contributed by atoms with van der Waals surface area (Å²) in [5.74, 6) is 0. The van der Waals surface area contributed by atoms with E-state index in [9.17, 15) is 0 Å². The van der Waals surface area contributed by atoms with Crippen molar-refractivity contribution in [2.45, 2.75) is 261 Å². The average molecular weight is 718 g/mol. The molecule has 0 aromatic rings. The van der Waals surface area contributed by atoms with Gasteiger partial charge in [-0.3, -0.25) is 0 Å². The van der Waals surface area contributed by atoms with Crippen molar-refractivity contribution < 1.29 is 0 Å². The van der Waals surface area contributed by atoms with Crippen LogP contribution in [0.25, 0.3) is 0 Å². The minimum Gasteiger partial charge on any atom is -0.317 e. The molecule has 0 saturated carbocycles. The monoisotopic (exact) mass is 718 g/mol. The second kappa shape index (κ2) is 44.0. The van der Waals surface area contributed by atoms with Crippen LogP contribution in [0.4, 0.5) is 0 Å². The zero-order chi connectivity index (χ0) is 35.9. The van der Waals surface area contributed by atoms with Gasteiger partial charge in [0.2, 0.25) is 0 Å². The molecule has 0 aromatic carbocycles. The fourth-order valence-corrected chi connectivity index (χ4v) is 6.60. The van der Waals surface area contributed by atoms with E-state index in [1.54, 1.807) is 0 Å². The maximum Gasteiger partial charge on any atom is 0 e. The molecular weight excluding hydrogens is 620 g/mol. The van der Waals surface area contributed by atoms with Crippen LogP contribution in [-0.2, 0) is 0 Å². The van der Waals surface area contributed by atoms with Crippen LogP contribution < -0.4 is 10.6 Å². The van der Waals surface area contributed by atoms with E-state index in [1.165, 1.54) is 232 Å². The van der Waals surface area contributed by atoms with E-state index in [0.717, 1.165) is 0 Å². The van der Waals surface area contributed by atoms with Gasteiger partial charge in [-0.1, -0.05) is 222 Å². The van der Waals surface area contributed by atoms with Crippen LogP contribution in [0.3, 0.4) is 0 Å². The SMILES string of the molecule is CCCCCCCCCCNCCCCCCCCCC(C)(C)C.CCCCCCCCCCNCCCCCCCCCC(C)(C)C.[K]. The molecule has 0 unspecified atom stereocenters. The molecule has 0 heterocycles. The first-order chi connectivity index (χ1) is 23.1. The van der Waals surface area contributed by atoms with Gasteiger partial charge in [0.25, 0.3) is 0 Å². The molecule has 0 amide bonds. The quantitative estimate of drug-likeness (QED) is 0.0498. The van der Waals surface area contributed by atoms with Crippen LogP contribution >= 0.6 is 0 Å². The zero-order valence-corrected chi connectivity index (χ0v) is 39.6. The third kappa shape index (κ3) is 59.1. The van der Waals surface area contributed by atoms with Gasteiger partial charge in [-0.25, -0.2) is 0 Å². The second-order valence-electron chi connectivity index (χ2n) is 18.0. The van der Waals surface area contributed by atoms with E-state index in [-0.39, 0.29) is 51.4 Å². The average Bonchev–Trinajstić information content (AvgIpc) is 3.03. The Morgan fingerprint density at radius 2 is 0.449 bits per heavy atom. The Hall–Kier alpha value is 1.56. The smallest absolute Gasteiger partial charge is 0 e. The molecule has 0 aliphatic heterocycles. The zero-order valence-electron chi connectivity index (χ0n) is 36.5. The van der Waals surface area contributed by atoms with Crippen molar-refractivity contribution in [3.05, 3.63) is 0 Å². The fraction of sp³-hybridized carbons (Fsp3) is 1.00. The van der Waals surface area contributed by atoms with E-state index in [2.05, 4.69) is 66.0 Å². The minimum absolute atomic E-state index is 0. The van der Waals surface area contributed by atoms with E-state index in [0.29, 0.717) is 10.8 Å². The van der Waals surface area contributed by atoms with Crippen molar-refractivity contribution in [2.24, 2.45) is 10.8 Å². The molecule has 0 spiro atoms. The molecule has 0 aliphatic rings. The van der Waals surface area contributed by atoms with Crippen LogP contribution in [0.2, 0.25) is 0 Å². The first-order valence-electron chi connectivity index (χ1n) is 22.5. The maximum absolute atomic E-state index is 3.62. The number of nitrogens with one attached hydrogen (secondary N) is 2. The van der Waals surface area contributed by atoms with Crippen LogP contribution in [0.5, 0.6) is 0 Å². The van der Waals surface area contributed by atoms with Gasteiger partial charge in [0.1, 0.15) is 0 Å². The summed E-state index contributed by atoms with van der Waals surface area (Å²) in [4.78, 5) is 0. The summed E-state index contributed by atoms with van der Waals surface area (Å²) < 4.78 is 0. The number of hydrogen-bond acceptors (Lipinski definition) is 2. The van der Waals surface area contributed by atoms with Crippen LogP contribution in [0.1, 0.15) is 261 Å². The third-order valence-corrected chi connectivity index (χ3v) is 9.97. The summed E-state index contributed by atoms with van der Waals surface area (Å²) in [6, 6.07) is 0. The van der Waals surface area contributed by atoms with Gasteiger partial charge in [-0.2, -0.15) is 0 Å². The first kappa shape index (κ1) is 54.9. The van der Waals surface area contributed by atoms with Crippen LogP contribution in [0.15, 0.2) is 0 Å². The van der Waals surface area contributed by atoms with Crippen LogP contribution in [0, 0.1) is 10.8 Å². The summed E-state index contributed by atoms with van der Waals surface area (Å²) >= 11 is 0. The van der Waals surface area contributed by atoms with Crippen molar-refractivity contribution in [1.82, 2.24) is 10.6 Å². The predicted molar refractivity (Wildman–Crippen MR) is 229 cm³/mol. The molecule has 0 aromatic heterocycles. The number of unbranched alkanes of at least 4 members (excludes halogenated alkanes) is 26. The molecule has 2 nitrogen and oxygen atoms in total. The molecule has 1 radical (unpaired) electrons. The van der Waals surface area contributed by atoms with Gasteiger partial charge in [-0.15, -0.1) is 0 Å². The molecule has 0 saturated heterocycles. The Balaban J connectivity index is -0.000000846. The van der Waals surface area contributed by atoms with E-state index in [1.807, 2.05) is 0 Å². The van der Waals surface area contributed by atoms with Gasteiger partial charge >= 0.3 is 0 Å². The minimum atomic E-state index is 0. The van der Waals surface area contributed by atoms with Gasteiger partial charge in [0, 0.05) is 51.4 Å². The molecule has 0 aliphatic carbocycles. The topological polar surface area (TPSA) is 24.1 Å². The molecule has 0 rings (SSSR count). The molecule has 0 bridgehead atoms. The van der Waals surface area contributed by atoms with Crippen molar-refractivity contribution >= 4 is 51.4 Å². The van der Waals surface area contributed by atoms with Crippen molar-refractivity contribution in [2.75, 3.05) is 26.2 Å². The van der Waals surface area contributed by atoms with Crippen molar-refractivity contribution in [3.8, 4) is 0 Å². The second-order valence-corrected chi connectivity index (χ2v) is 18.0. The van der Waals surface area contributed by atoms with Gasteiger partial charge < -0.3 is 10.6 Å². The Morgan fingerprint density at radius 1 is 0.265 bits per heavy atom. The molecule has 49 heavy (non-hydrogen) atoms. The molecule has 2 N–H and O–H groups in total. The molecular formula is C46H98KN2. The van der Waals surface area contributed by atoms with E-state index < -0.39 is 0 Å². The van der Waals surface area contributed by atoms with Crippen molar-refractivity contribution in [3.63, 3.8) is 0 Å². The first-order valence-corrected chi connectivity index (χ1v) is 22.5. The van der Waals surface area contributed by atoms with Crippen LogP contribution in [-0.4, -0.2) is 77.6 Å².